The predicted molar refractivity (Wildman–Crippen MR) is 102 cm³/mol. The molecule has 0 heterocycles. The summed E-state index contributed by atoms with van der Waals surface area (Å²) < 4.78 is 20.8. The number of carbonyl (C=O) groups is 1. The molecule has 0 radical (unpaired) electrons. The van der Waals surface area contributed by atoms with Gasteiger partial charge in [-0.1, -0.05) is 36.4 Å². The Bertz CT molecular complexity index is 804. The first kappa shape index (κ1) is 19.1. The molecule has 0 aliphatic rings. The van der Waals surface area contributed by atoms with E-state index in [4.69, 9.17) is 14.2 Å². The third-order valence-electron chi connectivity index (χ3n) is 3.74. The van der Waals surface area contributed by atoms with Crippen molar-refractivity contribution in [3.8, 4) is 17.2 Å². The first-order chi connectivity index (χ1) is 12.6. The first-order valence-electron chi connectivity index (χ1n) is 7.96. The summed E-state index contributed by atoms with van der Waals surface area (Å²) in [6.45, 7) is 0. The van der Waals surface area contributed by atoms with Crippen molar-refractivity contribution in [3.05, 3.63) is 65.2 Å². The maximum Gasteiger partial charge on any atom is 0.337 e. The first-order valence-corrected chi connectivity index (χ1v) is 7.96. The van der Waals surface area contributed by atoms with Gasteiger partial charge in [-0.05, 0) is 29.8 Å². The summed E-state index contributed by atoms with van der Waals surface area (Å²) in [4.78, 5) is 11.4. The molecule has 26 heavy (non-hydrogen) atoms. The molecule has 0 spiro atoms. The molecule has 2 aromatic carbocycles. The molecule has 0 atom stereocenters. The third-order valence-corrected chi connectivity index (χ3v) is 3.74. The summed E-state index contributed by atoms with van der Waals surface area (Å²) in [7, 11) is 6.11. The standard InChI is InChI=1S/C21H22O5/c1-23-18-14-13-16(19(24-2)20(18)25-3)8-6-5-7-15-9-11-17(12-10-15)21(22)26-4/h5-14H,1-4H3. The quantitative estimate of drug-likeness (QED) is 0.550. The SMILES string of the molecule is COC(=O)c1ccc(C=CC=Cc2ccc(OC)c(OC)c2OC)cc1. The number of esters is 1. The molecule has 0 aromatic heterocycles. The minimum Gasteiger partial charge on any atom is -0.493 e. The molecule has 2 aromatic rings. The largest absolute Gasteiger partial charge is 0.493 e. The summed E-state index contributed by atoms with van der Waals surface area (Å²) in [5.74, 6) is 1.43. The fraction of sp³-hybridized carbons (Fsp3) is 0.190. The van der Waals surface area contributed by atoms with Gasteiger partial charge in [-0.15, -0.1) is 0 Å². The maximum absolute atomic E-state index is 11.4. The average molecular weight is 354 g/mol. The van der Waals surface area contributed by atoms with Crippen LogP contribution in [0.1, 0.15) is 21.5 Å². The number of benzene rings is 2. The van der Waals surface area contributed by atoms with Crippen LogP contribution in [0, 0.1) is 0 Å². The van der Waals surface area contributed by atoms with E-state index >= 15 is 0 Å². The number of carbonyl (C=O) groups excluding carboxylic acids is 1. The van der Waals surface area contributed by atoms with E-state index in [1.54, 1.807) is 33.5 Å². The second-order valence-electron chi connectivity index (χ2n) is 5.26. The lowest BCUT2D eigenvalue weighted by molar-refractivity contribution is 0.0600. The zero-order valence-electron chi connectivity index (χ0n) is 15.3. The van der Waals surface area contributed by atoms with Gasteiger partial charge < -0.3 is 18.9 Å². The highest BCUT2D eigenvalue weighted by atomic mass is 16.5. The smallest absolute Gasteiger partial charge is 0.337 e. The van der Waals surface area contributed by atoms with Crippen molar-refractivity contribution in [2.45, 2.75) is 0 Å². The van der Waals surface area contributed by atoms with Gasteiger partial charge in [-0.25, -0.2) is 4.79 Å². The van der Waals surface area contributed by atoms with Crippen LogP contribution in [0.3, 0.4) is 0 Å². The fourth-order valence-corrected chi connectivity index (χ4v) is 2.43. The van der Waals surface area contributed by atoms with E-state index in [1.165, 1.54) is 7.11 Å². The lowest BCUT2D eigenvalue weighted by atomic mass is 10.1. The van der Waals surface area contributed by atoms with Crippen molar-refractivity contribution < 1.29 is 23.7 Å². The van der Waals surface area contributed by atoms with Gasteiger partial charge in [-0.2, -0.15) is 0 Å². The molecule has 0 fully saturated rings. The molecule has 0 saturated carbocycles. The van der Waals surface area contributed by atoms with E-state index in [0.717, 1.165) is 11.1 Å². The van der Waals surface area contributed by atoms with Crippen LogP contribution in [0.4, 0.5) is 0 Å². The molecule has 0 N–H and O–H groups in total. The number of allylic oxidation sites excluding steroid dienone is 2. The predicted octanol–water partition coefficient (Wildman–Crippen LogP) is 4.23. The van der Waals surface area contributed by atoms with Gasteiger partial charge in [0.15, 0.2) is 11.5 Å². The Balaban J connectivity index is 2.15. The lowest BCUT2D eigenvalue weighted by Crippen LogP contribution is -2.00. The number of hydrogen-bond donors (Lipinski definition) is 0. The van der Waals surface area contributed by atoms with Gasteiger partial charge in [0.1, 0.15) is 0 Å². The van der Waals surface area contributed by atoms with Crippen molar-refractivity contribution in [2.75, 3.05) is 28.4 Å². The van der Waals surface area contributed by atoms with Crippen molar-refractivity contribution in [1.29, 1.82) is 0 Å². The maximum atomic E-state index is 11.4. The van der Waals surface area contributed by atoms with Crippen LogP contribution >= 0.6 is 0 Å². The minimum atomic E-state index is -0.346. The van der Waals surface area contributed by atoms with Crippen LogP contribution in [-0.4, -0.2) is 34.4 Å². The highest BCUT2D eigenvalue weighted by Crippen LogP contribution is 2.40. The third kappa shape index (κ3) is 4.45. The molecule has 136 valence electrons. The molecular formula is C21H22O5. The normalized spacial score (nSPS) is 10.9. The highest BCUT2D eigenvalue weighted by Gasteiger charge is 2.13. The Morgan fingerprint density at radius 2 is 1.42 bits per heavy atom. The van der Waals surface area contributed by atoms with E-state index in [9.17, 15) is 4.79 Å². The van der Waals surface area contributed by atoms with Crippen LogP contribution in [0.2, 0.25) is 0 Å². The molecule has 0 unspecified atom stereocenters. The van der Waals surface area contributed by atoms with E-state index in [2.05, 4.69) is 4.74 Å². The minimum absolute atomic E-state index is 0.346. The van der Waals surface area contributed by atoms with Gasteiger partial charge in [0.2, 0.25) is 5.75 Å². The topological polar surface area (TPSA) is 54.0 Å². The summed E-state index contributed by atoms with van der Waals surface area (Å²) in [6.07, 6.45) is 7.66. The Morgan fingerprint density at radius 3 is 2.00 bits per heavy atom. The summed E-state index contributed by atoms with van der Waals surface area (Å²) in [5.41, 5.74) is 2.37. The molecule has 0 saturated heterocycles. The van der Waals surface area contributed by atoms with E-state index in [0.29, 0.717) is 22.8 Å². The highest BCUT2D eigenvalue weighted by molar-refractivity contribution is 5.89. The zero-order chi connectivity index (χ0) is 18.9. The summed E-state index contributed by atoms with van der Waals surface area (Å²) >= 11 is 0. The average Bonchev–Trinajstić information content (AvgIpc) is 2.70. The number of ether oxygens (including phenoxy) is 4. The molecule has 0 bridgehead atoms. The number of hydrogen-bond acceptors (Lipinski definition) is 5. The zero-order valence-corrected chi connectivity index (χ0v) is 15.3. The van der Waals surface area contributed by atoms with Crippen LogP contribution in [0.25, 0.3) is 12.2 Å². The molecule has 0 aliphatic heterocycles. The van der Waals surface area contributed by atoms with E-state index < -0.39 is 0 Å². The fourth-order valence-electron chi connectivity index (χ4n) is 2.43. The van der Waals surface area contributed by atoms with E-state index in [-0.39, 0.29) is 5.97 Å². The van der Waals surface area contributed by atoms with Crippen LogP contribution < -0.4 is 14.2 Å². The molecule has 2 rings (SSSR count). The van der Waals surface area contributed by atoms with Gasteiger partial charge in [0.25, 0.3) is 0 Å². The van der Waals surface area contributed by atoms with Crippen molar-refractivity contribution in [1.82, 2.24) is 0 Å². The van der Waals surface area contributed by atoms with Crippen LogP contribution in [-0.2, 0) is 4.74 Å². The molecule has 0 aliphatic carbocycles. The second-order valence-corrected chi connectivity index (χ2v) is 5.26. The summed E-state index contributed by atoms with van der Waals surface area (Å²) in [6, 6.07) is 10.9. The van der Waals surface area contributed by atoms with Gasteiger partial charge in [0, 0.05) is 5.56 Å². The number of methoxy groups -OCH3 is 4. The number of rotatable bonds is 7. The molecule has 0 amide bonds. The Hall–Kier alpha value is -3.21. The molecule has 5 heteroatoms. The van der Waals surface area contributed by atoms with Crippen LogP contribution in [0.15, 0.2) is 48.6 Å². The lowest BCUT2D eigenvalue weighted by Gasteiger charge is -2.13. The van der Waals surface area contributed by atoms with Gasteiger partial charge in [0.05, 0.1) is 34.0 Å². The molecule has 5 nitrogen and oxygen atoms in total. The van der Waals surface area contributed by atoms with Crippen molar-refractivity contribution in [3.63, 3.8) is 0 Å². The van der Waals surface area contributed by atoms with Gasteiger partial charge >= 0.3 is 5.97 Å². The van der Waals surface area contributed by atoms with Crippen molar-refractivity contribution in [2.24, 2.45) is 0 Å². The Kier molecular flexibility index (Phi) is 6.85. The van der Waals surface area contributed by atoms with Crippen LogP contribution in [0.5, 0.6) is 17.2 Å². The van der Waals surface area contributed by atoms with Gasteiger partial charge in [-0.3, -0.25) is 0 Å². The molecular weight excluding hydrogens is 332 g/mol. The Morgan fingerprint density at radius 1 is 0.769 bits per heavy atom. The van der Waals surface area contributed by atoms with E-state index in [1.807, 2.05) is 48.6 Å². The van der Waals surface area contributed by atoms with Crippen molar-refractivity contribution >= 4 is 18.1 Å². The monoisotopic (exact) mass is 354 g/mol. The summed E-state index contributed by atoms with van der Waals surface area (Å²) in [5, 5.41) is 0. The Labute approximate surface area is 153 Å². The second kappa shape index (κ2) is 9.32.